The summed E-state index contributed by atoms with van der Waals surface area (Å²) in [6, 6.07) is 11.9. The number of thiazole rings is 1. The van der Waals surface area contributed by atoms with Gasteiger partial charge in [-0.1, -0.05) is 6.07 Å². The fourth-order valence-electron chi connectivity index (χ4n) is 3.87. The molecule has 4 aromatic rings. The molecule has 0 bridgehead atoms. The highest BCUT2D eigenvalue weighted by Gasteiger charge is 2.28. The van der Waals surface area contributed by atoms with Gasteiger partial charge < -0.3 is 10.2 Å². The van der Waals surface area contributed by atoms with Crippen LogP contribution in [-0.2, 0) is 10.0 Å². The van der Waals surface area contributed by atoms with Crippen molar-refractivity contribution in [1.29, 1.82) is 0 Å². The summed E-state index contributed by atoms with van der Waals surface area (Å²) in [6.45, 7) is 2.12. The third kappa shape index (κ3) is 4.23. The Morgan fingerprint density at radius 3 is 2.56 bits per heavy atom. The highest BCUT2D eigenvalue weighted by atomic mass is 32.2. The minimum atomic E-state index is -3.71. The van der Waals surface area contributed by atoms with Crippen molar-refractivity contribution in [2.24, 2.45) is 0 Å². The Hall–Kier alpha value is -3.12. The second kappa shape index (κ2) is 8.91. The maximum Gasteiger partial charge on any atom is 0.256 e. The third-order valence-electron chi connectivity index (χ3n) is 5.81. The van der Waals surface area contributed by atoms with Crippen molar-refractivity contribution < 1.29 is 17.6 Å². The number of carbonyl (C=O) groups excluding carboxylic acids is 1. The number of carbonyl (C=O) groups is 1. The molecule has 2 aromatic carbocycles. The third-order valence-corrected chi connectivity index (χ3v) is 8.46. The van der Waals surface area contributed by atoms with E-state index in [1.807, 2.05) is 12.4 Å². The lowest BCUT2D eigenvalue weighted by Gasteiger charge is -2.31. The van der Waals surface area contributed by atoms with Gasteiger partial charge in [0.1, 0.15) is 17.3 Å². The van der Waals surface area contributed by atoms with E-state index in [1.165, 1.54) is 39.9 Å². The summed E-state index contributed by atoms with van der Waals surface area (Å²) in [5, 5.41) is 4.72. The molecule has 0 unspecified atom stereocenters. The van der Waals surface area contributed by atoms with Gasteiger partial charge in [-0.05, 0) is 49.5 Å². The van der Waals surface area contributed by atoms with E-state index in [2.05, 4.69) is 15.2 Å². The van der Waals surface area contributed by atoms with Gasteiger partial charge in [0.15, 0.2) is 4.96 Å². The molecule has 1 fully saturated rings. The van der Waals surface area contributed by atoms with Gasteiger partial charge >= 0.3 is 0 Å². The lowest BCUT2D eigenvalue weighted by molar-refractivity contribution is 0.102. The number of fused-ring (bicyclic) bond motifs is 1. The molecule has 0 atom stereocenters. The number of aromatic nitrogens is 2. The Balaban J connectivity index is 1.45. The van der Waals surface area contributed by atoms with Crippen molar-refractivity contribution in [3.63, 3.8) is 0 Å². The molecule has 1 aliphatic rings. The predicted octanol–water partition coefficient (Wildman–Crippen LogP) is 3.39. The van der Waals surface area contributed by atoms with Crippen molar-refractivity contribution in [2.45, 2.75) is 4.90 Å². The Morgan fingerprint density at radius 1 is 1.09 bits per heavy atom. The van der Waals surface area contributed by atoms with E-state index in [1.54, 1.807) is 34.9 Å². The minimum absolute atomic E-state index is 0.0809. The molecule has 1 N–H and O–H groups in total. The maximum atomic E-state index is 13.4. The van der Waals surface area contributed by atoms with Gasteiger partial charge in [0, 0.05) is 48.9 Å². The zero-order valence-electron chi connectivity index (χ0n) is 18.3. The molecule has 0 aliphatic carbocycles. The average molecular weight is 500 g/mol. The number of rotatable bonds is 5. The Labute approximate surface area is 200 Å². The van der Waals surface area contributed by atoms with E-state index < -0.39 is 15.9 Å². The Kier molecular flexibility index (Phi) is 5.94. The number of likely N-dealkylation sites (N-methyl/N-ethyl adjacent to an activating group) is 1. The molecule has 8 nitrogen and oxygen atoms in total. The largest absolute Gasteiger partial charge is 0.306 e. The van der Waals surface area contributed by atoms with Gasteiger partial charge in [-0.25, -0.2) is 17.8 Å². The molecule has 2 aromatic heterocycles. The predicted molar refractivity (Wildman–Crippen MR) is 129 cm³/mol. The van der Waals surface area contributed by atoms with Crippen LogP contribution in [0.2, 0.25) is 0 Å². The second-order valence-electron chi connectivity index (χ2n) is 8.06. The summed E-state index contributed by atoms with van der Waals surface area (Å²) in [4.78, 5) is 20.6. The molecular formula is C23H22FN5O3S2. The van der Waals surface area contributed by atoms with Crippen LogP contribution in [0, 0.1) is 5.82 Å². The van der Waals surface area contributed by atoms with E-state index in [4.69, 9.17) is 0 Å². The number of anilines is 1. The molecule has 0 spiro atoms. The average Bonchev–Trinajstić information content (AvgIpc) is 3.43. The molecule has 1 aliphatic heterocycles. The van der Waals surface area contributed by atoms with E-state index in [0.717, 1.165) is 0 Å². The van der Waals surface area contributed by atoms with Crippen molar-refractivity contribution in [2.75, 3.05) is 38.5 Å². The first-order chi connectivity index (χ1) is 16.3. The number of hydrogen-bond donors (Lipinski definition) is 1. The van der Waals surface area contributed by atoms with Crippen molar-refractivity contribution in [3.8, 4) is 11.3 Å². The second-order valence-corrected chi connectivity index (χ2v) is 10.9. The molecule has 34 heavy (non-hydrogen) atoms. The van der Waals surface area contributed by atoms with Crippen LogP contribution in [0.4, 0.5) is 10.2 Å². The number of halogens is 1. The monoisotopic (exact) mass is 499 g/mol. The van der Waals surface area contributed by atoms with Crippen molar-refractivity contribution in [3.05, 3.63) is 71.5 Å². The molecule has 11 heteroatoms. The summed E-state index contributed by atoms with van der Waals surface area (Å²) in [5.41, 5.74) is 1.37. The smallest absolute Gasteiger partial charge is 0.256 e. The number of piperazine rings is 1. The molecule has 0 saturated carbocycles. The number of sulfonamides is 1. The molecule has 0 radical (unpaired) electrons. The first-order valence-electron chi connectivity index (χ1n) is 10.6. The topological polar surface area (TPSA) is 87.0 Å². The Morgan fingerprint density at radius 2 is 1.82 bits per heavy atom. The molecule has 5 rings (SSSR count). The summed E-state index contributed by atoms with van der Waals surface area (Å²) in [5.74, 6) is -0.402. The van der Waals surface area contributed by atoms with Crippen molar-refractivity contribution in [1.82, 2.24) is 18.6 Å². The fourth-order valence-corrected chi connectivity index (χ4v) is 6.05. The summed E-state index contributed by atoms with van der Waals surface area (Å²) in [7, 11) is -1.75. The maximum absolute atomic E-state index is 13.4. The van der Waals surface area contributed by atoms with Crippen LogP contribution < -0.4 is 5.32 Å². The zero-order valence-corrected chi connectivity index (χ0v) is 19.9. The number of benzene rings is 2. The number of amides is 1. The van der Waals surface area contributed by atoms with E-state index in [-0.39, 0.29) is 16.3 Å². The Bertz CT molecular complexity index is 1460. The first kappa shape index (κ1) is 22.7. The molecule has 1 amide bonds. The summed E-state index contributed by atoms with van der Waals surface area (Å²) < 4.78 is 42.9. The molecular weight excluding hydrogens is 477 g/mol. The van der Waals surface area contributed by atoms with Gasteiger partial charge in [-0.15, -0.1) is 11.3 Å². The quantitative estimate of drug-likeness (QED) is 0.455. The van der Waals surface area contributed by atoms with Crippen LogP contribution in [0.25, 0.3) is 16.2 Å². The summed E-state index contributed by atoms with van der Waals surface area (Å²) >= 11 is 1.40. The highest BCUT2D eigenvalue weighted by Crippen LogP contribution is 2.31. The van der Waals surface area contributed by atoms with Crippen LogP contribution >= 0.6 is 11.3 Å². The van der Waals surface area contributed by atoms with Crippen LogP contribution in [0.3, 0.4) is 0 Å². The fraction of sp³-hybridized carbons (Fsp3) is 0.217. The van der Waals surface area contributed by atoms with Crippen LogP contribution in [0.1, 0.15) is 10.4 Å². The highest BCUT2D eigenvalue weighted by molar-refractivity contribution is 7.89. The number of imidazole rings is 1. The van der Waals surface area contributed by atoms with Crippen LogP contribution in [0.5, 0.6) is 0 Å². The van der Waals surface area contributed by atoms with Crippen LogP contribution in [0.15, 0.2) is 65.0 Å². The van der Waals surface area contributed by atoms with Gasteiger partial charge in [0.05, 0.1) is 4.90 Å². The van der Waals surface area contributed by atoms with Gasteiger partial charge in [0.2, 0.25) is 10.0 Å². The van der Waals surface area contributed by atoms with E-state index >= 15 is 0 Å². The zero-order chi connectivity index (χ0) is 23.9. The number of hydrogen-bond acceptors (Lipinski definition) is 6. The lowest BCUT2D eigenvalue weighted by atomic mass is 10.1. The van der Waals surface area contributed by atoms with E-state index in [0.29, 0.717) is 48.2 Å². The molecule has 1 saturated heterocycles. The minimum Gasteiger partial charge on any atom is -0.306 e. The lowest BCUT2D eigenvalue weighted by Crippen LogP contribution is -2.47. The first-order valence-corrected chi connectivity index (χ1v) is 13.0. The molecule has 176 valence electrons. The number of nitrogens with zero attached hydrogens (tertiary/aromatic N) is 4. The van der Waals surface area contributed by atoms with Crippen molar-refractivity contribution >= 4 is 38.0 Å². The SMILES string of the molecule is CN1CCN(S(=O)(=O)c2cccc(C(=O)Nc3c(-c4ccc(F)cc4)nc4sccn34)c2)CC1. The van der Waals surface area contributed by atoms with Gasteiger partial charge in [-0.2, -0.15) is 4.31 Å². The van der Waals surface area contributed by atoms with E-state index in [9.17, 15) is 17.6 Å². The molecule has 3 heterocycles. The van der Waals surface area contributed by atoms with Gasteiger partial charge in [-0.3, -0.25) is 9.20 Å². The normalized spacial score (nSPS) is 15.6. The standard InChI is InChI=1S/C23H22FN5O3S2/c1-27-9-11-28(12-10-27)34(31,32)19-4-2-3-17(15-19)22(30)26-21-20(16-5-7-18(24)8-6-16)25-23-29(21)13-14-33-23/h2-8,13-15H,9-12H2,1H3,(H,26,30). The van der Waals surface area contributed by atoms with Crippen LogP contribution in [-0.4, -0.2) is 66.1 Å². The summed E-state index contributed by atoms with van der Waals surface area (Å²) in [6.07, 6.45) is 1.78. The number of nitrogens with one attached hydrogen (secondary N) is 1. The van der Waals surface area contributed by atoms with Gasteiger partial charge in [0.25, 0.3) is 5.91 Å².